The van der Waals surface area contributed by atoms with Crippen LogP contribution < -0.4 is 11.1 Å². The van der Waals surface area contributed by atoms with Crippen molar-refractivity contribution in [2.75, 3.05) is 19.6 Å². The summed E-state index contributed by atoms with van der Waals surface area (Å²) < 4.78 is 0. The maximum absolute atomic E-state index is 5.69. The molecule has 2 aliphatic rings. The van der Waals surface area contributed by atoms with E-state index in [0.717, 1.165) is 25.6 Å². The van der Waals surface area contributed by atoms with E-state index in [9.17, 15) is 0 Å². The van der Waals surface area contributed by atoms with Crippen molar-refractivity contribution in [3.63, 3.8) is 0 Å². The molecule has 2 atom stereocenters. The van der Waals surface area contributed by atoms with E-state index in [1.807, 2.05) is 0 Å². The molecule has 1 heterocycles. The van der Waals surface area contributed by atoms with Gasteiger partial charge in [-0.15, -0.1) is 0 Å². The number of nitrogens with zero attached hydrogens (tertiary/aromatic N) is 1. The molecule has 1 radical (unpaired) electrons. The van der Waals surface area contributed by atoms with Crippen molar-refractivity contribution >= 4 is 0 Å². The molecule has 2 heteroatoms. The van der Waals surface area contributed by atoms with Gasteiger partial charge >= 0.3 is 0 Å². The molecule has 0 saturated carbocycles. The van der Waals surface area contributed by atoms with Gasteiger partial charge in [-0.3, -0.25) is 0 Å². The van der Waals surface area contributed by atoms with Gasteiger partial charge in [0, 0.05) is 13.1 Å². The van der Waals surface area contributed by atoms with Gasteiger partial charge in [-0.1, -0.05) is 11.6 Å². The van der Waals surface area contributed by atoms with Gasteiger partial charge < -0.3 is 5.73 Å². The molecule has 0 aromatic carbocycles. The lowest BCUT2D eigenvalue weighted by Gasteiger charge is -2.25. The Hall–Kier alpha value is -0.340. The lowest BCUT2D eigenvalue weighted by molar-refractivity contribution is 0.368. The van der Waals surface area contributed by atoms with Gasteiger partial charge in [0.2, 0.25) is 0 Å². The molecule has 1 aliphatic carbocycles. The molecular formula is C9H15N2. The van der Waals surface area contributed by atoms with Crippen molar-refractivity contribution < 1.29 is 0 Å². The molecule has 1 aliphatic heterocycles. The fourth-order valence-corrected chi connectivity index (χ4v) is 2.20. The standard InChI is InChI=1S/C9H15N2/c10-4-7-2-1-3-8-5-11-6-9(7)8/h3,7,9H,1-2,4-6,10H2. The zero-order valence-electron chi connectivity index (χ0n) is 6.79. The van der Waals surface area contributed by atoms with E-state index in [2.05, 4.69) is 11.4 Å². The first kappa shape index (κ1) is 7.32. The first-order valence-corrected chi connectivity index (χ1v) is 4.44. The number of hydrogen-bond acceptors (Lipinski definition) is 1. The second-order valence-electron chi connectivity index (χ2n) is 3.52. The highest BCUT2D eigenvalue weighted by Crippen LogP contribution is 2.32. The number of hydrogen-bond donors (Lipinski definition) is 1. The lowest BCUT2D eigenvalue weighted by Crippen LogP contribution is -2.27. The molecule has 11 heavy (non-hydrogen) atoms. The smallest absolute Gasteiger partial charge is 0.0347 e. The van der Waals surface area contributed by atoms with Crippen molar-refractivity contribution in [2.45, 2.75) is 12.8 Å². The van der Waals surface area contributed by atoms with Crippen LogP contribution in [0.4, 0.5) is 0 Å². The molecule has 0 aromatic heterocycles. The number of rotatable bonds is 1. The lowest BCUT2D eigenvalue weighted by atomic mass is 9.80. The van der Waals surface area contributed by atoms with Gasteiger partial charge in [-0.25, -0.2) is 5.32 Å². The van der Waals surface area contributed by atoms with E-state index < -0.39 is 0 Å². The highest BCUT2D eigenvalue weighted by Gasteiger charge is 2.30. The molecule has 0 bridgehead atoms. The maximum atomic E-state index is 5.69. The van der Waals surface area contributed by atoms with E-state index in [4.69, 9.17) is 5.73 Å². The average Bonchev–Trinajstić information content (AvgIpc) is 2.50. The van der Waals surface area contributed by atoms with Crippen LogP contribution in [0.15, 0.2) is 11.6 Å². The van der Waals surface area contributed by atoms with Gasteiger partial charge in [0.15, 0.2) is 0 Å². The summed E-state index contributed by atoms with van der Waals surface area (Å²) in [4.78, 5) is 0. The van der Waals surface area contributed by atoms with Gasteiger partial charge in [-0.05, 0) is 31.2 Å². The molecule has 0 aromatic rings. The monoisotopic (exact) mass is 151 g/mol. The maximum Gasteiger partial charge on any atom is 0.0347 e. The first-order chi connectivity index (χ1) is 5.42. The third kappa shape index (κ3) is 1.21. The minimum absolute atomic E-state index is 0.716. The minimum Gasteiger partial charge on any atom is -0.330 e. The van der Waals surface area contributed by atoms with Crippen molar-refractivity contribution in [3.05, 3.63) is 11.6 Å². The molecule has 2 unspecified atom stereocenters. The molecule has 61 valence electrons. The topological polar surface area (TPSA) is 40.1 Å². The molecule has 1 fully saturated rings. The summed E-state index contributed by atoms with van der Waals surface area (Å²) in [6.07, 6.45) is 4.87. The molecule has 0 spiro atoms. The number of allylic oxidation sites excluding steroid dienone is 1. The first-order valence-electron chi connectivity index (χ1n) is 4.44. The Morgan fingerprint density at radius 2 is 2.55 bits per heavy atom. The highest BCUT2D eigenvalue weighted by molar-refractivity contribution is 5.18. The Kier molecular flexibility index (Phi) is 1.96. The van der Waals surface area contributed by atoms with E-state index in [1.54, 1.807) is 5.57 Å². The van der Waals surface area contributed by atoms with Crippen molar-refractivity contribution in [1.82, 2.24) is 5.32 Å². The minimum atomic E-state index is 0.716. The fourth-order valence-electron chi connectivity index (χ4n) is 2.20. The largest absolute Gasteiger partial charge is 0.330 e. The predicted octanol–water partition coefficient (Wildman–Crippen LogP) is 0.516. The zero-order chi connectivity index (χ0) is 7.68. The summed E-state index contributed by atoms with van der Waals surface area (Å²) in [6.45, 7) is 2.87. The predicted molar refractivity (Wildman–Crippen MR) is 45.2 cm³/mol. The Morgan fingerprint density at radius 1 is 1.64 bits per heavy atom. The van der Waals surface area contributed by atoms with Crippen LogP contribution in [0.3, 0.4) is 0 Å². The van der Waals surface area contributed by atoms with Gasteiger partial charge in [0.1, 0.15) is 0 Å². The normalized spacial score (nSPS) is 36.6. The van der Waals surface area contributed by atoms with Gasteiger partial charge in [-0.2, -0.15) is 0 Å². The summed E-state index contributed by atoms with van der Waals surface area (Å²) in [6, 6.07) is 0. The van der Waals surface area contributed by atoms with Crippen LogP contribution in [0, 0.1) is 11.8 Å². The Balaban J connectivity index is 2.12. The Labute approximate surface area is 67.8 Å². The summed E-state index contributed by atoms with van der Waals surface area (Å²) in [5.41, 5.74) is 7.25. The number of fused-ring (bicyclic) bond motifs is 1. The quantitative estimate of drug-likeness (QED) is 0.545. The van der Waals surface area contributed by atoms with Crippen molar-refractivity contribution in [3.8, 4) is 0 Å². The SMILES string of the molecule is NCC1CCC=C2C[N]CC21. The van der Waals surface area contributed by atoms with Crippen molar-refractivity contribution in [1.29, 1.82) is 0 Å². The van der Waals surface area contributed by atoms with Crippen LogP contribution in [-0.2, 0) is 0 Å². The van der Waals surface area contributed by atoms with Gasteiger partial charge in [0.05, 0.1) is 0 Å². The number of nitrogens with two attached hydrogens (primary N) is 1. The Bertz CT molecular complexity index is 174. The summed E-state index contributed by atoms with van der Waals surface area (Å²) in [7, 11) is 0. The van der Waals surface area contributed by atoms with E-state index >= 15 is 0 Å². The summed E-state index contributed by atoms with van der Waals surface area (Å²) in [5.74, 6) is 1.44. The van der Waals surface area contributed by atoms with Crippen LogP contribution >= 0.6 is 0 Å². The van der Waals surface area contributed by atoms with E-state index in [-0.39, 0.29) is 0 Å². The third-order valence-electron chi connectivity index (χ3n) is 2.91. The summed E-state index contributed by atoms with van der Waals surface area (Å²) in [5, 5.41) is 4.40. The highest BCUT2D eigenvalue weighted by atomic mass is 14.9. The van der Waals surface area contributed by atoms with Crippen LogP contribution in [-0.4, -0.2) is 19.6 Å². The second-order valence-corrected chi connectivity index (χ2v) is 3.52. The third-order valence-corrected chi connectivity index (χ3v) is 2.91. The molecule has 2 N–H and O–H groups in total. The fraction of sp³-hybridized carbons (Fsp3) is 0.778. The molecular weight excluding hydrogens is 136 g/mol. The van der Waals surface area contributed by atoms with Crippen LogP contribution in [0.5, 0.6) is 0 Å². The molecule has 2 rings (SSSR count). The molecule has 0 amide bonds. The molecule has 2 nitrogen and oxygen atoms in total. The summed E-state index contributed by atoms with van der Waals surface area (Å²) >= 11 is 0. The molecule has 1 saturated heterocycles. The van der Waals surface area contributed by atoms with E-state index in [0.29, 0.717) is 5.92 Å². The van der Waals surface area contributed by atoms with Gasteiger partial charge in [0.25, 0.3) is 0 Å². The zero-order valence-corrected chi connectivity index (χ0v) is 6.79. The van der Waals surface area contributed by atoms with Crippen LogP contribution in [0.2, 0.25) is 0 Å². The average molecular weight is 151 g/mol. The Morgan fingerprint density at radius 3 is 3.36 bits per heavy atom. The second kappa shape index (κ2) is 2.95. The van der Waals surface area contributed by atoms with Crippen molar-refractivity contribution in [2.24, 2.45) is 17.6 Å². The van der Waals surface area contributed by atoms with Crippen LogP contribution in [0.25, 0.3) is 0 Å². The van der Waals surface area contributed by atoms with Crippen LogP contribution in [0.1, 0.15) is 12.8 Å². The van der Waals surface area contributed by atoms with E-state index in [1.165, 1.54) is 12.8 Å².